The molecule has 0 radical (unpaired) electrons. The van der Waals surface area contributed by atoms with E-state index in [1.165, 1.54) is 4.68 Å². The normalized spacial score (nSPS) is 12.6. The third kappa shape index (κ3) is 4.35. The minimum absolute atomic E-state index is 0.140. The summed E-state index contributed by atoms with van der Waals surface area (Å²) in [5.74, 6) is 1.66. The Morgan fingerprint density at radius 2 is 1.91 bits per heavy atom. The lowest BCUT2D eigenvalue weighted by molar-refractivity contribution is 0.216. The first-order chi connectivity index (χ1) is 16.5. The lowest BCUT2D eigenvalue weighted by Crippen LogP contribution is -2.20. The molecule has 0 spiro atoms. The second kappa shape index (κ2) is 9.42. The first kappa shape index (κ1) is 22.3. The van der Waals surface area contributed by atoms with Crippen LogP contribution in [0.25, 0.3) is 33.5 Å². The molecule has 0 saturated heterocycles. The zero-order chi connectivity index (χ0) is 23.7. The number of hydrogen-bond donors (Lipinski definition) is 0. The Hall–Kier alpha value is -3.46. The van der Waals surface area contributed by atoms with Crippen molar-refractivity contribution in [1.29, 1.82) is 0 Å². The Labute approximate surface area is 210 Å². The molecule has 0 N–H and O–H groups in total. The molecule has 3 aromatic carbocycles. The largest absolute Gasteiger partial charge is 0.490 e. The van der Waals surface area contributed by atoms with Crippen LogP contribution in [0.5, 0.6) is 5.75 Å². The van der Waals surface area contributed by atoms with E-state index < -0.39 is 0 Å². The summed E-state index contributed by atoms with van der Waals surface area (Å²) in [6.07, 6.45) is 2.72. The number of hydrogen-bond acceptors (Lipinski definition) is 5. The minimum Gasteiger partial charge on any atom is -0.490 e. The van der Waals surface area contributed by atoms with Crippen molar-refractivity contribution in [1.82, 2.24) is 9.66 Å². The van der Waals surface area contributed by atoms with Gasteiger partial charge < -0.3 is 9.15 Å². The number of fused-ring (bicyclic) bond motifs is 2. The van der Waals surface area contributed by atoms with E-state index in [1.807, 2.05) is 73.7 Å². The Morgan fingerprint density at radius 1 is 1.12 bits per heavy atom. The van der Waals surface area contributed by atoms with Gasteiger partial charge in [0.15, 0.2) is 5.76 Å². The number of nitrogens with zero attached hydrogens (tertiary/aromatic N) is 3. The van der Waals surface area contributed by atoms with Gasteiger partial charge >= 0.3 is 0 Å². The molecule has 5 rings (SSSR count). The number of furan rings is 1. The molecule has 0 aliphatic carbocycles. The molecule has 6 nitrogen and oxygen atoms in total. The van der Waals surface area contributed by atoms with Gasteiger partial charge in [-0.3, -0.25) is 4.79 Å². The van der Waals surface area contributed by atoms with Crippen LogP contribution in [-0.4, -0.2) is 22.0 Å². The second-order valence-electron chi connectivity index (χ2n) is 7.99. The molecule has 0 amide bonds. The second-order valence-corrected chi connectivity index (χ2v) is 9.15. The highest BCUT2D eigenvalue weighted by Gasteiger charge is 2.16. The van der Waals surface area contributed by atoms with Crippen molar-refractivity contribution in [3.05, 3.63) is 92.3 Å². The molecule has 7 heteroatoms. The van der Waals surface area contributed by atoms with Crippen molar-refractivity contribution in [2.75, 3.05) is 0 Å². The Bertz CT molecular complexity index is 1550. The maximum absolute atomic E-state index is 13.4. The van der Waals surface area contributed by atoms with E-state index in [0.717, 1.165) is 32.3 Å². The molecule has 0 aliphatic rings. The van der Waals surface area contributed by atoms with E-state index in [1.54, 1.807) is 12.3 Å². The van der Waals surface area contributed by atoms with Gasteiger partial charge in [-0.25, -0.2) is 4.98 Å². The van der Waals surface area contributed by atoms with Gasteiger partial charge in [-0.05, 0) is 84.0 Å². The molecule has 2 heterocycles. The van der Waals surface area contributed by atoms with Crippen LogP contribution < -0.4 is 10.3 Å². The molecule has 1 atom stereocenters. The van der Waals surface area contributed by atoms with Crippen molar-refractivity contribution < 1.29 is 9.15 Å². The van der Waals surface area contributed by atoms with Gasteiger partial charge in [-0.1, -0.05) is 37.3 Å². The summed E-state index contributed by atoms with van der Waals surface area (Å²) in [6, 6.07) is 22.6. The zero-order valence-corrected chi connectivity index (χ0v) is 20.9. The molecule has 170 valence electrons. The lowest BCUT2D eigenvalue weighted by atomic mass is 10.2. The predicted octanol–water partition coefficient (Wildman–Crippen LogP) is 6.47. The molecule has 0 bridgehead atoms. The summed E-state index contributed by atoms with van der Waals surface area (Å²) in [7, 11) is 0. The zero-order valence-electron chi connectivity index (χ0n) is 18.7. The molecule has 0 fully saturated rings. The molecule has 0 aliphatic heterocycles. The summed E-state index contributed by atoms with van der Waals surface area (Å²) in [6.45, 7) is 4.14. The fraction of sp³-hybridized carbons (Fsp3) is 0.148. The highest BCUT2D eigenvalue weighted by molar-refractivity contribution is 14.1. The van der Waals surface area contributed by atoms with Gasteiger partial charge in [-0.2, -0.15) is 9.78 Å². The third-order valence-corrected chi connectivity index (χ3v) is 6.42. The van der Waals surface area contributed by atoms with E-state index in [-0.39, 0.29) is 11.7 Å². The van der Waals surface area contributed by atoms with E-state index in [9.17, 15) is 4.79 Å². The van der Waals surface area contributed by atoms with Crippen LogP contribution in [0, 0.1) is 3.57 Å². The summed E-state index contributed by atoms with van der Waals surface area (Å²) < 4.78 is 14.3. The Balaban J connectivity index is 1.60. The van der Waals surface area contributed by atoms with Crippen LogP contribution in [0.15, 0.2) is 87.1 Å². The summed E-state index contributed by atoms with van der Waals surface area (Å²) in [5.41, 5.74) is 1.90. The van der Waals surface area contributed by atoms with Crippen LogP contribution in [0.1, 0.15) is 25.8 Å². The average molecular weight is 563 g/mol. The van der Waals surface area contributed by atoms with Gasteiger partial charge in [0.2, 0.25) is 5.82 Å². The standard InChI is InChI=1S/C27H22IN3O3/c1-3-17(2)33-24-13-12-18(14-21(24)28)16-29-31-26(25-15-19-8-4-7-11-23(19)34-25)30-22-10-6-5-9-20(22)27(31)32/h4-17H,3H2,1-2H3/t17-/m0/s1. The summed E-state index contributed by atoms with van der Waals surface area (Å²) in [5, 5.41) is 5.96. The van der Waals surface area contributed by atoms with Crippen LogP contribution in [0.2, 0.25) is 0 Å². The van der Waals surface area contributed by atoms with Crippen molar-refractivity contribution >= 4 is 50.7 Å². The maximum Gasteiger partial charge on any atom is 0.282 e. The third-order valence-electron chi connectivity index (χ3n) is 5.58. The van der Waals surface area contributed by atoms with E-state index in [0.29, 0.717) is 22.5 Å². The van der Waals surface area contributed by atoms with Gasteiger partial charge in [-0.15, -0.1) is 0 Å². The Kier molecular flexibility index (Phi) is 6.19. The number of rotatable bonds is 6. The van der Waals surface area contributed by atoms with Crippen molar-refractivity contribution in [2.24, 2.45) is 5.10 Å². The quantitative estimate of drug-likeness (QED) is 0.175. The molecule has 0 unspecified atom stereocenters. The molecular formula is C27H22IN3O3. The highest BCUT2D eigenvalue weighted by atomic mass is 127. The van der Waals surface area contributed by atoms with E-state index in [4.69, 9.17) is 14.1 Å². The number of para-hydroxylation sites is 2. The van der Waals surface area contributed by atoms with Crippen LogP contribution in [0.4, 0.5) is 0 Å². The molecular weight excluding hydrogens is 541 g/mol. The first-order valence-electron chi connectivity index (χ1n) is 11.0. The van der Waals surface area contributed by atoms with E-state index in [2.05, 4.69) is 34.6 Å². The highest BCUT2D eigenvalue weighted by Crippen LogP contribution is 2.27. The van der Waals surface area contributed by atoms with Crippen LogP contribution in [-0.2, 0) is 0 Å². The lowest BCUT2D eigenvalue weighted by Gasteiger charge is -2.14. The van der Waals surface area contributed by atoms with Crippen molar-refractivity contribution in [3.8, 4) is 17.3 Å². The first-order valence-corrected chi connectivity index (χ1v) is 12.1. The number of benzene rings is 3. The smallest absolute Gasteiger partial charge is 0.282 e. The van der Waals surface area contributed by atoms with Crippen LogP contribution >= 0.6 is 22.6 Å². The molecule has 34 heavy (non-hydrogen) atoms. The molecule has 2 aromatic heterocycles. The summed E-state index contributed by atoms with van der Waals surface area (Å²) in [4.78, 5) is 18.1. The fourth-order valence-electron chi connectivity index (χ4n) is 3.60. The monoisotopic (exact) mass is 563 g/mol. The van der Waals surface area contributed by atoms with Gasteiger partial charge in [0.05, 0.1) is 26.8 Å². The van der Waals surface area contributed by atoms with Crippen molar-refractivity contribution in [2.45, 2.75) is 26.4 Å². The SMILES string of the molecule is CC[C@H](C)Oc1ccc(C=Nn2c(-c3cc4ccccc4o3)nc3ccccc3c2=O)cc1I. The van der Waals surface area contributed by atoms with Gasteiger partial charge in [0.25, 0.3) is 5.56 Å². The molecule has 0 saturated carbocycles. The number of halogens is 1. The topological polar surface area (TPSA) is 69.6 Å². The summed E-state index contributed by atoms with van der Waals surface area (Å²) >= 11 is 2.25. The van der Waals surface area contributed by atoms with Gasteiger partial charge in [0, 0.05) is 5.39 Å². The van der Waals surface area contributed by atoms with E-state index >= 15 is 0 Å². The predicted molar refractivity (Wildman–Crippen MR) is 144 cm³/mol. The van der Waals surface area contributed by atoms with Crippen LogP contribution in [0.3, 0.4) is 0 Å². The molecule has 5 aromatic rings. The van der Waals surface area contributed by atoms with Crippen molar-refractivity contribution in [3.63, 3.8) is 0 Å². The Morgan fingerprint density at radius 3 is 2.71 bits per heavy atom. The maximum atomic E-state index is 13.4. The fourth-order valence-corrected chi connectivity index (χ4v) is 4.27. The van der Waals surface area contributed by atoms with Gasteiger partial charge in [0.1, 0.15) is 11.3 Å². The average Bonchev–Trinajstić information content (AvgIpc) is 3.29. The minimum atomic E-state index is -0.260. The number of ether oxygens (including phenoxy) is 1. The number of aromatic nitrogens is 2.